The molecular weight excluding hydrogens is 336 g/mol. The number of allylic oxidation sites excluding steroid dienone is 5. The van der Waals surface area contributed by atoms with E-state index in [9.17, 15) is 0 Å². The van der Waals surface area contributed by atoms with E-state index in [1.54, 1.807) is 6.26 Å². The molecule has 1 heterocycles. The quantitative estimate of drug-likeness (QED) is 0.371. The first kappa shape index (κ1) is 20.7. The second-order valence-corrected chi connectivity index (χ2v) is 7.68. The maximum absolute atomic E-state index is 8.95. The molecule has 0 N–H and O–H groups in total. The first-order chi connectivity index (χ1) is 12.8. The van der Waals surface area contributed by atoms with Crippen molar-refractivity contribution < 1.29 is 4.74 Å². The minimum atomic E-state index is -0.311. The Morgan fingerprint density at radius 3 is 2.89 bits per heavy atom. The predicted octanol–water partition coefficient (Wildman–Crippen LogP) is 5.35. The summed E-state index contributed by atoms with van der Waals surface area (Å²) in [7, 11) is 1.92. The molecule has 0 bridgehead atoms. The van der Waals surface area contributed by atoms with Crippen LogP contribution < -0.4 is 0 Å². The second kappa shape index (κ2) is 8.85. The van der Waals surface area contributed by atoms with Crippen molar-refractivity contribution in [2.45, 2.75) is 52.9 Å². The van der Waals surface area contributed by atoms with Crippen molar-refractivity contribution >= 4 is 12.0 Å². The molecule has 5 heteroatoms. The van der Waals surface area contributed by atoms with E-state index in [2.05, 4.69) is 50.2 Å². The number of ether oxygens (including phenoxy) is 1. The molecule has 1 aromatic heterocycles. The second-order valence-electron chi connectivity index (χ2n) is 7.68. The highest BCUT2D eigenvalue weighted by atomic mass is 16.5. The molecule has 5 nitrogen and oxygen atoms in total. The van der Waals surface area contributed by atoms with Gasteiger partial charge in [-0.1, -0.05) is 39.0 Å². The molecule has 1 aromatic rings. The van der Waals surface area contributed by atoms with Crippen molar-refractivity contribution in [2.24, 2.45) is 23.9 Å². The van der Waals surface area contributed by atoms with E-state index >= 15 is 0 Å². The Morgan fingerprint density at radius 1 is 1.52 bits per heavy atom. The van der Waals surface area contributed by atoms with Gasteiger partial charge >= 0.3 is 0 Å². The van der Waals surface area contributed by atoms with Crippen LogP contribution >= 0.6 is 0 Å². The molecule has 0 amide bonds. The summed E-state index contributed by atoms with van der Waals surface area (Å²) in [5.74, 6) is 2.22. The van der Waals surface area contributed by atoms with Gasteiger partial charge in [-0.3, -0.25) is 4.68 Å². The Bertz CT molecular complexity index is 820. The van der Waals surface area contributed by atoms with Gasteiger partial charge in [0.25, 0.3) is 6.26 Å². The van der Waals surface area contributed by atoms with Gasteiger partial charge in [0.1, 0.15) is 5.76 Å². The monoisotopic (exact) mass is 366 g/mol. The van der Waals surface area contributed by atoms with Gasteiger partial charge < -0.3 is 4.74 Å². The van der Waals surface area contributed by atoms with Crippen molar-refractivity contribution in [1.29, 1.82) is 5.26 Å². The number of hydrogen-bond donors (Lipinski definition) is 0. The van der Waals surface area contributed by atoms with E-state index in [4.69, 9.17) is 15.0 Å². The summed E-state index contributed by atoms with van der Waals surface area (Å²) in [6.07, 6.45) is 15.9. The zero-order valence-corrected chi connectivity index (χ0v) is 17.2. The molecule has 0 fully saturated rings. The van der Waals surface area contributed by atoms with Gasteiger partial charge in [0.05, 0.1) is 6.20 Å². The summed E-state index contributed by atoms with van der Waals surface area (Å²) in [6, 6.07) is 0. The van der Waals surface area contributed by atoms with Crippen LogP contribution in [0.5, 0.6) is 0 Å². The number of aromatic nitrogens is 2. The smallest absolute Gasteiger partial charge is 0.292 e. The molecule has 0 saturated carbocycles. The Hall–Kier alpha value is -2.61. The highest BCUT2D eigenvalue weighted by Gasteiger charge is 2.37. The fraction of sp³-hybridized carbons (Fsp3) is 0.500. The molecule has 0 aliphatic heterocycles. The minimum absolute atomic E-state index is 0.143. The van der Waals surface area contributed by atoms with Crippen LogP contribution in [0.25, 0.3) is 0 Å². The Kier molecular flexibility index (Phi) is 6.79. The van der Waals surface area contributed by atoms with Crippen LogP contribution in [0.15, 0.2) is 46.8 Å². The lowest BCUT2D eigenvalue weighted by molar-refractivity contribution is 0.352. The van der Waals surface area contributed by atoms with Crippen LogP contribution in [-0.4, -0.2) is 16.0 Å². The molecule has 2 rings (SSSR count). The molecule has 144 valence electrons. The minimum Gasteiger partial charge on any atom is -0.388 e. The normalized spacial score (nSPS) is 19.9. The first-order valence-electron chi connectivity index (χ1n) is 9.47. The van der Waals surface area contributed by atoms with Crippen LogP contribution in [0.3, 0.4) is 0 Å². The Morgan fingerprint density at radius 2 is 2.26 bits per heavy atom. The van der Waals surface area contributed by atoms with Gasteiger partial charge in [-0.15, -0.1) is 5.26 Å². The van der Waals surface area contributed by atoms with Crippen LogP contribution in [0.1, 0.15) is 53.0 Å². The van der Waals surface area contributed by atoms with Gasteiger partial charge in [0.15, 0.2) is 5.82 Å². The van der Waals surface area contributed by atoms with E-state index in [0.29, 0.717) is 11.7 Å². The van der Waals surface area contributed by atoms with Crippen molar-refractivity contribution in [3.63, 3.8) is 0 Å². The first-order valence-corrected chi connectivity index (χ1v) is 9.47. The fourth-order valence-corrected chi connectivity index (χ4v) is 3.44. The highest BCUT2D eigenvalue weighted by Crippen LogP contribution is 2.43. The van der Waals surface area contributed by atoms with E-state index in [0.717, 1.165) is 29.8 Å². The Balaban J connectivity index is 2.49. The molecule has 0 spiro atoms. The average Bonchev–Trinajstić information content (AvgIpc) is 2.98. The molecule has 27 heavy (non-hydrogen) atoms. The van der Waals surface area contributed by atoms with Crippen LogP contribution in [-0.2, 0) is 17.2 Å². The molecule has 0 aromatic carbocycles. The summed E-state index contributed by atoms with van der Waals surface area (Å²) in [6.45, 7) is 10.6. The summed E-state index contributed by atoms with van der Waals surface area (Å²) in [4.78, 5) is 4.74. The van der Waals surface area contributed by atoms with Crippen molar-refractivity contribution in [2.75, 3.05) is 0 Å². The maximum Gasteiger partial charge on any atom is 0.292 e. The van der Waals surface area contributed by atoms with Crippen molar-refractivity contribution in [1.82, 2.24) is 9.78 Å². The molecule has 2 unspecified atom stereocenters. The molecule has 2 atom stereocenters. The van der Waals surface area contributed by atoms with E-state index in [1.165, 1.54) is 0 Å². The highest BCUT2D eigenvalue weighted by molar-refractivity contribution is 5.64. The topological polar surface area (TPSA) is 63.2 Å². The summed E-state index contributed by atoms with van der Waals surface area (Å²) < 4.78 is 7.01. The number of aliphatic imine (C=N–C) groups is 1. The van der Waals surface area contributed by atoms with Gasteiger partial charge in [0.2, 0.25) is 0 Å². The lowest BCUT2D eigenvalue weighted by Gasteiger charge is -2.35. The van der Waals surface area contributed by atoms with Crippen LogP contribution in [0, 0.1) is 23.4 Å². The predicted molar refractivity (Wildman–Crippen MR) is 110 cm³/mol. The van der Waals surface area contributed by atoms with E-state index in [-0.39, 0.29) is 11.3 Å². The van der Waals surface area contributed by atoms with Gasteiger partial charge in [0, 0.05) is 24.2 Å². The summed E-state index contributed by atoms with van der Waals surface area (Å²) >= 11 is 0. The molecular formula is C22H30N4O. The lowest BCUT2D eigenvalue weighted by atomic mass is 9.69. The number of aryl methyl sites for hydroxylation is 1. The standard InChI is InChI=1S/C22H30N4O/c1-7-11-22(5,18-9-8-17(4)20(13-18)27-15-23)19-14-25-26(6)21(19)24-12-10-16(2)3/h7-8,11-14,16,18H,9-10H2,1-6H3/b11-7-,24-12-. The van der Waals surface area contributed by atoms with Crippen molar-refractivity contribution in [3.05, 3.63) is 47.4 Å². The van der Waals surface area contributed by atoms with Gasteiger partial charge in [-0.2, -0.15) is 5.10 Å². The van der Waals surface area contributed by atoms with Crippen molar-refractivity contribution in [3.8, 4) is 6.26 Å². The van der Waals surface area contributed by atoms with E-state index < -0.39 is 0 Å². The summed E-state index contributed by atoms with van der Waals surface area (Å²) in [5, 5.41) is 13.4. The number of rotatable bonds is 7. The Labute approximate surface area is 162 Å². The van der Waals surface area contributed by atoms with Crippen LogP contribution in [0.2, 0.25) is 0 Å². The number of hydrogen-bond acceptors (Lipinski definition) is 4. The number of nitriles is 1. The zero-order valence-electron chi connectivity index (χ0n) is 17.2. The van der Waals surface area contributed by atoms with Gasteiger partial charge in [-0.25, -0.2) is 4.99 Å². The van der Waals surface area contributed by atoms with Gasteiger partial charge in [-0.05, 0) is 50.2 Å². The zero-order chi connectivity index (χ0) is 20.0. The summed E-state index contributed by atoms with van der Waals surface area (Å²) in [5.41, 5.74) is 1.76. The van der Waals surface area contributed by atoms with E-state index in [1.807, 2.05) is 38.0 Å². The molecule has 1 aliphatic carbocycles. The third-order valence-corrected chi connectivity index (χ3v) is 5.14. The lowest BCUT2D eigenvalue weighted by Crippen LogP contribution is -2.30. The molecule has 0 saturated heterocycles. The molecule has 1 aliphatic rings. The number of nitrogens with zero attached hydrogens (tertiary/aromatic N) is 4. The maximum atomic E-state index is 8.95. The third-order valence-electron chi connectivity index (χ3n) is 5.14. The average molecular weight is 367 g/mol. The fourth-order valence-electron chi connectivity index (χ4n) is 3.44. The molecule has 0 radical (unpaired) electrons. The largest absolute Gasteiger partial charge is 0.388 e. The SMILES string of the molecule is C/C=C\C(C)(c1cnn(C)c1/N=C\CC(C)C)C1C=C(OC#N)C(C)=CC1. The van der Waals surface area contributed by atoms with Crippen LogP contribution in [0.4, 0.5) is 5.82 Å². The third kappa shape index (κ3) is 4.57.